The van der Waals surface area contributed by atoms with Crippen LogP contribution in [0.2, 0.25) is 0 Å². The van der Waals surface area contributed by atoms with Crippen LogP contribution in [0.1, 0.15) is 59.2 Å². The largest absolute Gasteiger partial charge is 0.351 e. The Morgan fingerprint density at radius 3 is 2.92 bits per heavy atom. The molecule has 3 N–H and O–H groups in total. The molecule has 0 atom stereocenters. The number of amides is 1. The van der Waals surface area contributed by atoms with E-state index in [2.05, 4.69) is 20.6 Å². The maximum absolute atomic E-state index is 12.2. The fourth-order valence-electron chi connectivity index (χ4n) is 3.03. The molecule has 1 saturated carbocycles. The number of hydrogen-bond donors (Lipinski definition) is 2. The first-order chi connectivity index (χ1) is 11.6. The second-order valence-corrected chi connectivity index (χ2v) is 7.31. The Bertz CT molecular complexity index is 674. The molecule has 1 fully saturated rings. The lowest BCUT2D eigenvalue weighted by atomic mass is 9.92. The molecule has 2 aromatic rings. The monoisotopic (exact) mass is 348 g/mol. The third kappa shape index (κ3) is 4.18. The molecule has 7 nitrogen and oxygen atoms in total. The van der Waals surface area contributed by atoms with Crippen LogP contribution in [0, 0.1) is 6.92 Å². The van der Waals surface area contributed by atoms with Gasteiger partial charge in [0.15, 0.2) is 5.69 Å². The molecule has 8 heteroatoms. The summed E-state index contributed by atoms with van der Waals surface area (Å²) in [6.07, 6.45) is 7.59. The highest BCUT2D eigenvalue weighted by molar-refractivity contribution is 7.09. The molecule has 0 radical (unpaired) electrons. The first-order valence-electron chi connectivity index (χ1n) is 8.48. The zero-order valence-corrected chi connectivity index (χ0v) is 14.8. The van der Waals surface area contributed by atoms with E-state index in [9.17, 15) is 4.79 Å². The van der Waals surface area contributed by atoms with Gasteiger partial charge in [0.25, 0.3) is 5.91 Å². The second-order valence-electron chi connectivity index (χ2n) is 6.37. The van der Waals surface area contributed by atoms with E-state index in [1.165, 1.54) is 4.88 Å². The van der Waals surface area contributed by atoms with Crippen LogP contribution in [0.5, 0.6) is 0 Å². The number of rotatable bonds is 6. The summed E-state index contributed by atoms with van der Waals surface area (Å²) in [6, 6.07) is 0.614. The maximum atomic E-state index is 12.2. The van der Waals surface area contributed by atoms with Crippen molar-refractivity contribution in [2.45, 2.75) is 57.5 Å². The summed E-state index contributed by atoms with van der Waals surface area (Å²) in [5.41, 5.74) is 9.26. The van der Waals surface area contributed by atoms with Gasteiger partial charge < -0.3 is 11.1 Å². The number of nitrogens with zero attached hydrogens (tertiary/aromatic N) is 4. The smallest absolute Gasteiger partial charge is 0.273 e. The van der Waals surface area contributed by atoms with Gasteiger partial charge in [0.1, 0.15) is 0 Å². The van der Waals surface area contributed by atoms with Crippen LogP contribution in [0.4, 0.5) is 0 Å². The van der Waals surface area contributed by atoms with Crippen LogP contribution in [-0.4, -0.2) is 38.5 Å². The van der Waals surface area contributed by atoms with Crippen LogP contribution in [0.3, 0.4) is 0 Å². The molecule has 0 aromatic carbocycles. The third-order valence-corrected chi connectivity index (χ3v) is 5.56. The number of carbonyl (C=O) groups excluding carboxylic acids is 1. The standard InChI is InChI=1S/C16H24N6OS/c1-11-15(24-10-19-11)3-2-8-18-16(23)14-9-22(21-20-14)13-6-4-12(17)5-7-13/h9-10,12-13H,2-8,17H2,1H3,(H,18,23). The maximum Gasteiger partial charge on any atom is 0.273 e. The van der Waals surface area contributed by atoms with Crippen LogP contribution >= 0.6 is 11.3 Å². The Balaban J connectivity index is 1.44. The number of aryl methyl sites for hydroxylation is 2. The zero-order chi connectivity index (χ0) is 16.9. The summed E-state index contributed by atoms with van der Waals surface area (Å²) in [6.45, 7) is 2.64. The summed E-state index contributed by atoms with van der Waals surface area (Å²) in [5, 5.41) is 11.1. The van der Waals surface area contributed by atoms with Gasteiger partial charge >= 0.3 is 0 Å². The number of hydrogen-bond acceptors (Lipinski definition) is 6. The predicted octanol–water partition coefficient (Wildman–Crippen LogP) is 1.85. The van der Waals surface area contributed by atoms with Gasteiger partial charge in [-0.05, 0) is 45.4 Å². The van der Waals surface area contributed by atoms with Crippen LogP contribution in [0.15, 0.2) is 11.7 Å². The van der Waals surface area contributed by atoms with Gasteiger partial charge in [-0.15, -0.1) is 16.4 Å². The van der Waals surface area contributed by atoms with Crippen molar-refractivity contribution in [2.75, 3.05) is 6.54 Å². The first-order valence-corrected chi connectivity index (χ1v) is 9.36. The Kier molecular flexibility index (Phi) is 5.57. The molecule has 1 aliphatic rings. The van der Waals surface area contributed by atoms with Crippen molar-refractivity contribution in [3.8, 4) is 0 Å². The molecule has 1 aliphatic carbocycles. The summed E-state index contributed by atoms with van der Waals surface area (Å²) >= 11 is 1.67. The van der Waals surface area contributed by atoms with E-state index in [4.69, 9.17) is 5.73 Å². The molecule has 130 valence electrons. The summed E-state index contributed by atoms with van der Waals surface area (Å²) in [7, 11) is 0. The molecule has 0 aliphatic heterocycles. The van der Waals surface area contributed by atoms with E-state index in [1.807, 2.05) is 17.1 Å². The average molecular weight is 348 g/mol. The van der Waals surface area contributed by atoms with Gasteiger partial charge in [-0.25, -0.2) is 9.67 Å². The molecule has 24 heavy (non-hydrogen) atoms. The average Bonchev–Trinajstić information content (AvgIpc) is 3.22. The van der Waals surface area contributed by atoms with Gasteiger partial charge in [0.2, 0.25) is 0 Å². The number of nitrogens with two attached hydrogens (primary N) is 1. The lowest BCUT2D eigenvalue weighted by Crippen LogP contribution is -2.28. The zero-order valence-electron chi connectivity index (χ0n) is 13.9. The quantitative estimate of drug-likeness (QED) is 0.776. The highest BCUT2D eigenvalue weighted by Crippen LogP contribution is 2.26. The normalized spacial score (nSPS) is 20.9. The second kappa shape index (κ2) is 7.85. The van der Waals surface area contributed by atoms with Gasteiger partial charge in [-0.1, -0.05) is 5.21 Å². The minimum absolute atomic E-state index is 0.158. The Morgan fingerprint density at radius 2 is 2.21 bits per heavy atom. The molecular formula is C16H24N6OS. The van der Waals surface area contributed by atoms with Crippen molar-refractivity contribution in [1.82, 2.24) is 25.3 Å². The minimum Gasteiger partial charge on any atom is -0.351 e. The lowest BCUT2D eigenvalue weighted by molar-refractivity contribution is 0.0948. The molecular weight excluding hydrogens is 324 g/mol. The SMILES string of the molecule is Cc1ncsc1CCCNC(=O)c1cn(C2CCC(N)CC2)nn1. The van der Waals surface area contributed by atoms with Crippen molar-refractivity contribution >= 4 is 17.2 Å². The predicted molar refractivity (Wildman–Crippen MR) is 93.0 cm³/mol. The number of thiazole rings is 1. The Hall–Kier alpha value is -1.80. The van der Waals surface area contributed by atoms with Gasteiger partial charge in [-0.3, -0.25) is 4.79 Å². The molecule has 3 rings (SSSR count). The van der Waals surface area contributed by atoms with Crippen LogP contribution in [-0.2, 0) is 6.42 Å². The van der Waals surface area contributed by atoms with Crippen molar-refractivity contribution in [2.24, 2.45) is 5.73 Å². The summed E-state index contributed by atoms with van der Waals surface area (Å²) < 4.78 is 1.82. The van der Waals surface area contributed by atoms with Gasteiger partial charge in [-0.2, -0.15) is 0 Å². The third-order valence-electron chi connectivity index (χ3n) is 4.57. The van der Waals surface area contributed by atoms with E-state index < -0.39 is 0 Å². The summed E-state index contributed by atoms with van der Waals surface area (Å²) in [5.74, 6) is -0.158. The van der Waals surface area contributed by atoms with E-state index in [0.29, 0.717) is 24.3 Å². The highest BCUT2D eigenvalue weighted by Gasteiger charge is 2.22. The van der Waals surface area contributed by atoms with Crippen molar-refractivity contribution in [3.05, 3.63) is 28.0 Å². The Labute approximate surface area is 145 Å². The molecule has 0 spiro atoms. The number of aromatic nitrogens is 4. The van der Waals surface area contributed by atoms with E-state index in [0.717, 1.165) is 44.2 Å². The lowest BCUT2D eigenvalue weighted by Gasteiger charge is -2.25. The first kappa shape index (κ1) is 17.0. The molecule has 0 bridgehead atoms. The molecule has 2 heterocycles. The Morgan fingerprint density at radius 1 is 1.42 bits per heavy atom. The number of carbonyl (C=O) groups is 1. The summed E-state index contributed by atoms with van der Waals surface area (Å²) in [4.78, 5) is 17.7. The molecule has 0 saturated heterocycles. The van der Waals surface area contributed by atoms with Crippen LogP contribution in [0.25, 0.3) is 0 Å². The van der Waals surface area contributed by atoms with Crippen molar-refractivity contribution < 1.29 is 4.79 Å². The molecule has 0 unspecified atom stereocenters. The topological polar surface area (TPSA) is 98.7 Å². The molecule has 1 amide bonds. The van der Waals surface area contributed by atoms with Crippen molar-refractivity contribution in [1.29, 1.82) is 0 Å². The highest BCUT2D eigenvalue weighted by atomic mass is 32.1. The number of nitrogens with one attached hydrogen (secondary N) is 1. The molecule has 2 aromatic heterocycles. The van der Waals surface area contributed by atoms with Crippen LogP contribution < -0.4 is 11.1 Å². The fourth-order valence-corrected chi connectivity index (χ4v) is 3.86. The van der Waals surface area contributed by atoms with E-state index in [1.54, 1.807) is 17.5 Å². The van der Waals surface area contributed by atoms with Gasteiger partial charge in [0.05, 0.1) is 23.4 Å². The fraction of sp³-hybridized carbons (Fsp3) is 0.625. The van der Waals surface area contributed by atoms with Gasteiger partial charge in [0, 0.05) is 17.5 Å². The van der Waals surface area contributed by atoms with E-state index in [-0.39, 0.29) is 5.91 Å². The van der Waals surface area contributed by atoms with Crippen molar-refractivity contribution in [3.63, 3.8) is 0 Å². The van der Waals surface area contributed by atoms with E-state index >= 15 is 0 Å². The minimum atomic E-state index is -0.158.